The van der Waals surface area contributed by atoms with Crippen LogP contribution in [0.4, 0.5) is 11.4 Å². The van der Waals surface area contributed by atoms with Crippen molar-refractivity contribution in [3.05, 3.63) is 34.4 Å². The number of carbonyl (C=O) groups excluding carboxylic acids is 2. The van der Waals surface area contributed by atoms with Crippen molar-refractivity contribution in [2.24, 2.45) is 22.2 Å². The van der Waals surface area contributed by atoms with Crippen LogP contribution in [0.15, 0.2) is 29.3 Å². The molecule has 1 heterocycles. The average molecular weight is 391 g/mol. The third-order valence-corrected chi connectivity index (χ3v) is 4.47. The van der Waals surface area contributed by atoms with Crippen LogP contribution in [0.3, 0.4) is 0 Å². The van der Waals surface area contributed by atoms with Gasteiger partial charge in [-0.2, -0.15) is 0 Å². The molecule has 0 bridgehead atoms. The minimum Gasteiger partial charge on any atom is -0.370 e. The molecule has 1 fully saturated rings. The Labute approximate surface area is 162 Å². The molecule has 11 nitrogen and oxygen atoms in total. The molecule has 1 aromatic carbocycles. The van der Waals surface area contributed by atoms with Crippen LogP contribution in [0, 0.1) is 10.1 Å². The molecule has 1 aliphatic rings. The summed E-state index contributed by atoms with van der Waals surface area (Å²) in [7, 11) is 0. The van der Waals surface area contributed by atoms with Gasteiger partial charge in [-0.25, -0.2) is 0 Å². The minimum atomic E-state index is -0.734. The predicted octanol–water partition coefficient (Wildman–Crippen LogP) is -0.0948. The van der Waals surface area contributed by atoms with Crippen LogP contribution in [0.2, 0.25) is 0 Å². The number of rotatable bonds is 8. The molecule has 0 aromatic heterocycles. The molecule has 0 spiro atoms. The van der Waals surface area contributed by atoms with E-state index >= 15 is 0 Å². The average Bonchev–Trinajstić information content (AvgIpc) is 3.14. The predicted molar refractivity (Wildman–Crippen MR) is 104 cm³/mol. The van der Waals surface area contributed by atoms with Crippen LogP contribution in [-0.2, 0) is 9.59 Å². The molecule has 7 N–H and O–H groups in total. The van der Waals surface area contributed by atoms with Gasteiger partial charge in [0.15, 0.2) is 5.96 Å². The lowest BCUT2D eigenvalue weighted by atomic mass is 10.1. The summed E-state index contributed by atoms with van der Waals surface area (Å²) in [5.41, 5.74) is 16.8. The van der Waals surface area contributed by atoms with E-state index < -0.39 is 17.0 Å². The van der Waals surface area contributed by atoms with E-state index in [2.05, 4.69) is 10.3 Å². The number of amides is 2. The molecule has 0 aliphatic carbocycles. The number of nitrogens with two attached hydrogens (primary N) is 3. The van der Waals surface area contributed by atoms with Crippen molar-refractivity contribution in [1.82, 2.24) is 4.90 Å². The van der Waals surface area contributed by atoms with Crippen molar-refractivity contribution in [3.63, 3.8) is 0 Å². The fraction of sp³-hybridized carbons (Fsp3) is 0.471. The Morgan fingerprint density at radius 3 is 2.61 bits per heavy atom. The van der Waals surface area contributed by atoms with Crippen LogP contribution in [0.1, 0.15) is 25.7 Å². The number of hydrogen-bond donors (Lipinski definition) is 4. The van der Waals surface area contributed by atoms with E-state index in [1.54, 1.807) is 0 Å². The number of nitro benzene ring substituents is 1. The number of nitrogens with zero attached hydrogens (tertiary/aromatic N) is 3. The topological polar surface area (TPSA) is 183 Å². The Bertz CT molecular complexity index is 746. The fourth-order valence-electron chi connectivity index (χ4n) is 3.05. The standard InChI is InChI=1S/C17H25N7O4/c18-13(3-1-9-21-17(19)20)16(26)23-10-2-4-14(23)15(25)22-11-5-7-12(8-6-11)24(27)28/h5-8,13-14H,1-4,9-10,18H2,(H,22,25)(H4,19,20,21)/t13-,14+/m1/s1. The van der Waals surface area contributed by atoms with Crippen LogP contribution in [0.5, 0.6) is 0 Å². The third kappa shape index (κ3) is 5.64. The van der Waals surface area contributed by atoms with Gasteiger partial charge in [-0.1, -0.05) is 0 Å². The molecule has 2 amide bonds. The number of non-ortho nitro benzene ring substituents is 1. The quantitative estimate of drug-likeness (QED) is 0.157. The van der Waals surface area contributed by atoms with Crippen LogP contribution >= 0.6 is 0 Å². The van der Waals surface area contributed by atoms with E-state index in [4.69, 9.17) is 17.2 Å². The Kier molecular flexibility index (Phi) is 7.27. The number of carbonyl (C=O) groups is 2. The number of likely N-dealkylation sites (tertiary alicyclic amines) is 1. The maximum absolute atomic E-state index is 12.6. The summed E-state index contributed by atoms with van der Waals surface area (Å²) in [4.78, 5) is 40.7. The molecule has 0 saturated carbocycles. The molecular formula is C17H25N7O4. The van der Waals surface area contributed by atoms with Crippen molar-refractivity contribution in [3.8, 4) is 0 Å². The molecule has 152 valence electrons. The maximum atomic E-state index is 12.6. The van der Waals surface area contributed by atoms with E-state index in [1.165, 1.54) is 29.2 Å². The zero-order chi connectivity index (χ0) is 20.7. The lowest BCUT2D eigenvalue weighted by Gasteiger charge is -2.26. The van der Waals surface area contributed by atoms with E-state index in [1.807, 2.05) is 0 Å². The molecule has 1 aromatic rings. The first-order valence-electron chi connectivity index (χ1n) is 8.96. The number of benzene rings is 1. The second-order valence-corrected chi connectivity index (χ2v) is 6.54. The highest BCUT2D eigenvalue weighted by atomic mass is 16.6. The molecule has 2 rings (SSSR count). The summed E-state index contributed by atoms with van der Waals surface area (Å²) >= 11 is 0. The van der Waals surface area contributed by atoms with Crippen molar-refractivity contribution in [1.29, 1.82) is 0 Å². The van der Waals surface area contributed by atoms with Gasteiger partial charge < -0.3 is 27.4 Å². The maximum Gasteiger partial charge on any atom is 0.269 e. The van der Waals surface area contributed by atoms with Gasteiger partial charge in [0.05, 0.1) is 11.0 Å². The summed E-state index contributed by atoms with van der Waals surface area (Å²) in [6.07, 6.45) is 2.19. The Morgan fingerprint density at radius 2 is 2.00 bits per heavy atom. The number of aliphatic imine (C=N–C) groups is 1. The van der Waals surface area contributed by atoms with Gasteiger partial charge in [0.25, 0.3) is 5.69 Å². The van der Waals surface area contributed by atoms with Crippen LogP contribution < -0.4 is 22.5 Å². The number of anilines is 1. The Balaban J connectivity index is 1.93. The highest BCUT2D eigenvalue weighted by Crippen LogP contribution is 2.22. The number of hydrogen-bond acceptors (Lipinski definition) is 6. The summed E-state index contributed by atoms with van der Waals surface area (Å²) in [5.74, 6) is -0.638. The van der Waals surface area contributed by atoms with Crippen molar-refractivity contribution >= 4 is 29.1 Å². The summed E-state index contributed by atoms with van der Waals surface area (Å²) in [6.45, 7) is 0.839. The van der Waals surface area contributed by atoms with E-state index in [0.29, 0.717) is 44.5 Å². The number of nitro groups is 1. The molecule has 1 saturated heterocycles. The highest BCUT2D eigenvalue weighted by molar-refractivity contribution is 5.98. The van der Waals surface area contributed by atoms with Gasteiger partial charge in [-0.15, -0.1) is 0 Å². The zero-order valence-electron chi connectivity index (χ0n) is 15.4. The first-order valence-corrected chi connectivity index (χ1v) is 8.96. The summed E-state index contributed by atoms with van der Waals surface area (Å²) in [6, 6.07) is 4.16. The SMILES string of the molecule is NC(N)=NCCC[C@@H](N)C(=O)N1CCC[C@H]1C(=O)Nc1ccc([N+](=O)[O-])cc1. The van der Waals surface area contributed by atoms with Crippen molar-refractivity contribution in [2.75, 3.05) is 18.4 Å². The third-order valence-electron chi connectivity index (χ3n) is 4.47. The minimum absolute atomic E-state index is 0.0116. The molecule has 0 unspecified atom stereocenters. The lowest BCUT2D eigenvalue weighted by Crippen LogP contribution is -2.49. The number of nitrogens with one attached hydrogen (secondary N) is 1. The summed E-state index contributed by atoms with van der Waals surface area (Å²) < 4.78 is 0. The lowest BCUT2D eigenvalue weighted by molar-refractivity contribution is -0.384. The Hall–Kier alpha value is -3.21. The van der Waals surface area contributed by atoms with Gasteiger partial charge in [0, 0.05) is 30.9 Å². The number of guanidine groups is 1. The van der Waals surface area contributed by atoms with Crippen molar-refractivity contribution < 1.29 is 14.5 Å². The van der Waals surface area contributed by atoms with Gasteiger partial charge in [-0.3, -0.25) is 24.7 Å². The second kappa shape index (κ2) is 9.65. The first kappa shape index (κ1) is 21.1. The molecule has 28 heavy (non-hydrogen) atoms. The van der Waals surface area contributed by atoms with Gasteiger partial charge in [-0.05, 0) is 37.8 Å². The molecule has 0 radical (unpaired) electrons. The highest BCUT2D eigenvalue weighted by Gasteiger charge is 2.36. The smallest absolute Gasteiger partial charge is 0.269 e. The summed E-state index contributed by atoms with van der Waals surface area (Å²) in [5, 5.41) is 13.4. The van der Waals surface area contributed by atoms with E-state index in [0.717, 1.165) is 0 Å². The van der Waals surface area contributed by atoms with E-state index in [9.17, 15) is 19.7 Å². The second-order valence-electron chi connectivity index (χ2n) is 6.54. The van der Waals surface area contributed by atoms with Crippen LogP contribution in [0.25, 0.3) is 0 Å². The molecule has 11 heteroatoms. The van der Waals surface area contributed by atoms with Gasteiger partial charge in [0.2, 0.25) is 11.8 Å². The first-order chi connectivity index (χ1) is 13.3. The van der Waals surface area contributed by atoms with Crippen LogP contribution in [-0.4, -0.2) is 52.8 Å². The zero-order valence-corrected chi connectivity index (χ0v) is 15.4. The monoisotopic (exact) mass is 391 g/mol. The molecule has 1 aliphatic heterocycles. The fourth-order valence-corrected chi connectivity index (χ4v) is 3.05. The van der Waals surface area contributed by atoms with Gasteiger partial charge in [0.1, 0.15) is 6.04 Å². The van der Waals surface area contributed by atoms with E-state index in [-0.39, 0.29) is 23.5 Å². The Morgan fingerprint density at radius 1 is 1.32 bits per heavy atom. The largest absolute Gasteiger partial charge is 0.370 e. The van der Waals surface area contributed by atoms with Crippen molar-refractivity contribution in [2.45, 2.75) is 37.8 Å². The van der Waals surface area contributed by atoms with Gasteiger partial charge >= 0.3 is 0 Å². The molecular weight excluding hydrogens is 366 g/mol. The molecule has 2 atom stereocenters. The normalized spacial score (nSPS) is 17.0.